The second-order valence-corrected chi connectivity index (χ2v) is 4.35. The third-order valence-corrected chi connectivity index (χ3v) is 2.98. The molecule has 0 saturated heterocycles. The maximum absolute atomic E-state index is 13.8. The second kappa shape index (κ2) is 4.51. The average Bonchev–Trinajstić information content (AvgIpc) is 2.59. The van der Waals surface area contributed by atoms with E-state index in [1.165, 1.54) is 13.8 Å². The molecule has 1 N–H and O–H groups in total. The molecule has 0 unspecified atom stereocenters. The summed E-state index contributed by atoms with van der Waals surface area (Å²) in [5, 5.41) is 24.1. The van der Waals surface area contributed by atoms with Gasteiger partial charge in [-0.15, -0.1) is 0 Å². The minimum atomic E-state index is -0.733. The molecule has 0 saturated carbocycles. The van der Waals surface area contributed by atoms with Gasteiger partial charge in [0.05, 0.1) is 9.95 Å². The van der Waals surface area contributed by atoms with Crippen molar-refractivity contribution in [3.63, 3.8) is 0 Å². The van der Waals surface area contributed by atoms with Crippen LogP contribution in [-0.2, 0) is 0 Å². The molecule has 0 aliphatic rings. The van der Waals surface area contributed by atoms with Crippen LogP contribution in [0.5, 0.6) is 5.75 Å². The topological polar surface area (TPSA) is 81.2 Å². The molecule has 0 amide bonds. The summed E-state index contributed by atoms with van der Waals surface area (Å²) in [6, 6.07) is 2.00. The van der Waals surface area contributed by atoms with Gasteiger partial charge in [-0.3, -0.25) is 10.1 Å². The third-order valence-electron chi connectivity index (χ3n) is 2.68. The quantitative estimate of drug-likeness (QED) is 0.679. The number of phenolic OH excluding ortho intramolecular Hbond substituents is 1. The first-order chi connectivity index (χ1) is 8.82. The van der Waals surface area contributed by atoms with Gasteiger partial charge in [-0.2, -0.15) is 5.10 Å². The number of nitrogens with zero attached hydrogens (tertiary/aromatic N) is 3. The van der Waals surface area contributed by atoms with Crippen molar-refractivity contribution in [1.82, 2.24) is 9.78 Å². The molecule has 2 rings (SSSR count). The van der Waals surface area contributed by atoms with E-state index in [4.69, 9.17) is 11.6 Å². The number of nitro groups is 1. The van der Waals surface area contributed by atoms with E-state index in [0.717, 1.165) is 16.8 Å². The molecule has 0 atom stereocenters. The number of hydrogen-bond donors (Lipinski definition) is 1. The Balaban J connectivity index is 2.70. The van der Waals surface area contributed by atoms with Crippen LogP contribution in [0.4, 0.5) is 10.1 Å². The first-order valence-corrected chi connectivity index (χ1v) is 5.59. The summed E-state index contributed by atoms with van der Waals surface area (Å²) in [5.74, 6) is -1.06. The summed E-state index contributed by atoms with van der Waals surface area (Å²) in [7, 11) is 0. The maximum atomic E-state index is 13.8. The second-order valence-electron chi connectivity index (χ2n) is 3.94. The molecular formula is C11H9ClFN3O3. The lowest BCUT2D eigenvalue weighted by molar-refractivity contribution is -0.386. The number of aromatic nitrogens is 2. The fraction of sp³-hybridized carbons (Fsp3) is 0.182. The largest absolute Gasteiger partial charge is 0.506 e. The van der Waals surface area contributed by atoms with E-state index in [9.17, 15) is 19.6 Å². The summed E-state index contributed by atoms with van der Waals surface area (Å²) >= 11 is 5.57. The third kappa shape index (κ3) is 2.12. The Morgan fingerprint density at radius 1 is 1.47 bits per heavy atom. The van der Waals surface area contributed by atoms with Crippen molar-refractivity contribution in [2.24, 2.45) is 0 Å². The summed E-state index contributed by atoms with van der Waals surface area (Å²) in [6.45, 7) is 2.90. The van der Waals surface area contributed by atoms with Crippen molar-refractivity contribution >= 4 is 17.3 Å². The highest BCUT2D eigenvalue weighted by atomic mass is 35.5. The summed E-state index contributed by atoms with van der Waals surface area (Å²) in [5.41, 5.74) is 0.0453. The number of hydrogen-bond acceptors (Lipinski definition) is 4. The Labute approximate surface area is 112 Å². The van der Waals surface area contributed by atoms with Gasteiger partial charge in [0.2, 0.25) is 0 Å². The molecule has 0 spiro atoms. The molecule has 100 valence electrons. The minimum Gasteiger partial charge on any atom is -0.506 e. The van der Waals surface area contributed by atoms with E-state index in [1.54, 1.807) is 0 Å². The molecule has 1 aromatic heterocycles. The van der Waals surface area contributed by atoms with Crippen molar-refractivity contribution in [1.29, 1.82) is 0 Å². The molecule has 1 aromatic carbocycles. The fourth-order valence-corrected chi connectivity index (χ4v) is 1.97. The Morgan fingerprint density at radius 3 is 2.63 bits per heavy atom. The summed E-state index contributed by atoms with van der Waals surface area (Å²) < 4.78 is 14.9. The molecule has 6 nitrogen and oxygen atoms in total. The molecule has 0 radical (unpaired) electrons. The van der Waals surface area contributed by atoms with Crippen molar-refractivity contribution < 1.29 is 14.4 Å². The molecule has 0 bridgehead atoms. The zero-order valence-electron chi connectivity index (χ0n) is 10.0. The van der Waals surface area contributed by atoms with Gasteiger partial charge in [0, 0.05) is 6.07 Å². The molecule has 2 aromatic rings. The van der Waals surface area contributed by atoms with E-state index in [1.807, 2.05) is 0 Å². The number of aromatic hydroxyl groups is 1. The molecule has 8 heteroatoms. The van der Waals surface area contributed by atoms with Crippen LogP contribution in [0.15, 0.2) is 12.1 Å². The average molecular weight is 286 g/mol. The highest BCUT2D eigenvalue weighted by Crippen LogP contribution is 2.31. The molecule has 0 fully saturated rings. The normalized spacial score (nSPS) is 10.7. The van der Waals surface area contributed by atoms with Gasteiger partial charge in [0.25, 0.3) is 0 Å². The van der Waals surface area contributed by atoms with E-state index in [-0.39, 0.29) is 33.5 Å². The van der Waals surface area contributed by atoms with E-state index in [0.29, 0.717) is 0 Å². The van der Waals surface area contributed by atoms with Gasteiger partial charge in [-0.1, -0.05) is 11.6 Å². The van der Waals surface area contributed by atoms with E-state index < -0.39 is 10.7 Å². The zero-order chi connectivity index (χ0) is 14.3. The standard InChI is InChI=1S/C11H9ClFN3O3/c1-5-11(16(18)19)6(2)15(14-5)9-4-10(17)7(12)3-8(9)13/h3-4,17H,1-2H3. The van der Waals surface area contributed by atoms with Crippen molar-refractivity contribution in [2.75, 3.05) is 0 Å². The number of aryl methyl sites for hydroxylation is 1. The minimum absolute atomic E-state index is 0.101. The first-order valence-electron chi connectivity index (χ1n) is 5.22. The molecule has 0 aliphatic heterocycles. The van der Waals surface area contributed by atoms with Crippen LogP contribution in [0.3, 0.4) is 0 Å². The van der Waals surface area contributed by atoms with Crippen LogP contribution in [0, 0.1) is 29.8 Å². The lowest BCUT2D eigenvalue weighted by atomic mass is 10.2. The van der Waals surface area contributed by atoms with Crippen LogP contribution >= 0.6 is 11.6 Å². The summed E-state index contributed by atoms with van der Waals surface area (Å²) in [4.78, 5) is 10.3. The van der Waals surface area contributed by atoms with Gasteiger partial charge in [-0.05, 0) is 19.9 Å². The van der Waals surface area contributed by atoms with Crippen molar-refractivity contribution in [3.05, 3.63) is 44.5 Å². The lowest BCUT2D eigenvalue weighted by Gasteiger charge is -2.06. The fourth-order valence-electron chi connectivity index (χ4n) is 1.82. The van der Waals surface area contributed by atoms with Crippen LogP contribution in [-0.4, -0.2) is 19.8 Å². The molecule has 19 heavy (non-hydrogen) atoms. The van der Waals surface area contributed by atoms with Crippen molar-refractivity contribution in [2.45, 2.75) is 13.8 Å². The predicted molar refractivity (Wildman–Crippen MR) is 66.3 cm³/mol. The number of rotatable bonds is 2. The van der Waals surface area contributed by atoms with E-state index >= 15 is 0 Å². The Morgan fingerprint density at radius 2 is 2.11 bits per heavy atom. The van der Waals surface area contributed by atoms with Crippen LogP contribution in [0.25, 0.3) is 5.69 Å². The first kappa shape index (κ1) is 13.3. The van der Waals surface area contributed by atoms with Crippen LogP contribution < -0.4 is 0 Å². The predicted octanol–water partition coefficient (Wildman–Crippen LogP) is 2.90. The molecule has 0 aliphatic carbocycles. The Bertz CT molecular complexity index is 684. The number of benzene rings is 1. The SMILES string of the molecule is Cc1nn(-c2cc(O)c(Cl)cc2F)c(C)c1[N+](=O)[O-]. The smallest absolute Gasteiger partial charge is 0.313 e. The molecular weight excluding hydrogens is 277 g/mol. The highest BCUT2D eigenvalue weighted by molar-refractivity contribution is 6.32. The highest BCUT2D eigenvalue weighted by Gasteiger charge is 2.24. The lowest BCUT2D eigenvalue weighted by Crippen LogP contribution is -2.02. The Hall–Kier alpha value is -2.15. The number of phenols is 1. The molecule has 1 heterocycles. The van der Waals surface area contributed by atoms with Crippen LogP contribution in [0.2, 0.25) is 5.02 Å². The Kier molecular flexibility index (Phi) is 3.15. The zero-order valence-corrected chi connectivity index (χ0v) is 10.8. The van der Waals surface area contributed by atoms with Crippen molar-refractivity contribution in [3.8, 4) is 11.4 Å². The maximum Gasteiger partial charge on any atom is 0.313 e. The monoisotopic (exact) mass is 285 g/mol. The van der Waals surface area contributed by atoms with Crippen LogP contribution in [0.1, 0.15) is 11.4 Å². The van der Waals surface area contributed by atoms with Gasteiger partial charge >= 0.3 is 5.69 Å². The van der Waals surface area contributed by atoms with E-state index in [2.05, 4.69) is 5.10 Å². The van der Waals surface area contributed by atoms with Gasteiger partial charge in [0.1, 0.15) is 22.8 Å². The van der Waals surface area contributed by atoms with Gasteiger partial charge in [0.15, 0.2) is 5.82 Å². The van der Waals surface area contributed by atoms with Gasteiger partial charge < -0.3 is 5.11 Å². The number of halogens is 2. The van der Waals surface area contributed by atoms with Gasteiger partial charge in [-0.25, -0.2) is 9.07 Å². The summed E-state index contributed by atoms with van der Waals surface area (Å²) in [6.07, 6.45) is 0.